The Balaban J connectivity index is 2.37. The van der Waals surface area contributed by atoms with Gasteiger partial charge in [-0.05, 0) is 32.0 Å². The van der Waals surface area contributed by atoms with Crippen molar-refractivity contribution in [2.75, 3.05) is 19.3 Å². The summed E-state index contributed by atoms with van der Waals surface area (Å²) >= 11 is 0. The van der Waals surface area contributed by atoms with Gasteiger partial charge < -0.3 is 15.7 Å². The molecule has 1 unspecified atom stereocenters. The van der Waals surface area contributed by atoms with E-state index in [0.717, 1.165) is 25.1 Å². The van der Waals surface area contributed by atoms with Crippen molar-refractivity contribution >= 4 is 5.82 Å². The molecule has 0 aliphatic carbocycles. The SMILES string of the molecule is CC(O)CCN(C)Cc1ccc(N)nc1. The lowest BCUT2D eigenvalue weighted by molar-refractivity contribution is 0.163. The third-order valence-electron chi connectivity index (χ3n) is 2.23. The van der Waals surface area contributed by atoms with Gasteiger partial charge in [-0.2, -0.15) is 0 Å². The minimum Gasteiger partial charge on any atom is -0.393 e. The first-order valence-corrected chi connectivity index (χ1v) is 5.15. The highest BCUT2D eigenvalue weighted by Crippen LogP contribution is 2.05. The second-order valence-electron chi connectivity index (χ2n) is 3.97. The monoisotopic (exact) mass is 209 g/mol. The van der Waals surface area contributed by atoms with Crippen LogP contribution in [0.25, 0.3) is 0 Å². The Labute approximate surface area is 90.7 Å². The quantitative estimate of drug-likeness (QED) is 0.755. The number of nitrogens with zero attached hydrogens (tertiary/aromatic N) is 2. The zero-order chi connectivity index (χ0) is 11.3. The number of aliphatic hydroxyl groups excluding tert-OH is 1. The van der Waals surface area contributed by atoms with Gasteiger partial charge in [0, 0.05) is 19.3 Å². The summed E-state index contributed by atoms with van der Waals surface area (Å²) in [5, 5.41) is 9.15. The van der Waals surface area contributed by atoms with E-state index in [9.17, 15) is 0 Å². The molecule has 0 fully saturated rings. The van der Waals surface area contributed by atoms with Gasteiger partial charge in [-0.3, -0.25) is 0 Å². The Morgan fingerprint density at radius 2 is 2.27 bits per heavy atom. The molecule has 0 amide bonds. The van der Waals surface area contributed by atoms with Crippen LogP contribution in [0.3, 0.4) is 0 Å². The van der Waals surface area contributed by atoms with E-state index in [1.165, 1.54) is 0 Å². The molecule has 0 radical (unpaired) electrons. The fourth-order valence-electron chi connectivity index (χ4n) is 1.33. The molecule has 0 aliphatic rings. The number of hydrogen-bond donors (Lipinski definition) is 2. The largest absolute Gasteiger partial charge is 0.393 e. The molecule has 0 bridgehead atoms. The molecule has 1 atom stereocenters. The van der Waals surface area contributed by atoms with Crippen molar-refractivity contribution in [3.63, 3.8) is 0 Å². The van der Waals surface area contributed by atoms with Crippen LogP contribution < -0.4 is 5.73 Å². The smallest absolute Gasteiger partial charge is 0.123 e. The maximum atomic E-state index is 9.15. The number of nitrogens with two attached hydrogens (primary N) is 1. The number of nitrogen functional groups attached to an aromatic ring is 1. The molecule has 0 saturated heterocycles. The molecule has 0 aromatic carbocycles. The van der Waals surface area contributed by atoms with Crippen LogP contribution in [-0.2, 0) is 6.54 Å². The van der Waals surface area contributed by atoms with Gasteiger partial charge in [-0.1, -0.05) is 6.07 Å². The lowest BCUT2D eigenvalue weighted by Crippen LogP contribution is -2.22. The van der Waals surface area contributed by atoms with E-state index in [4.69, 9.17) is 10.8 Å². The van der Waals surface area contributed by atoms with Crippen LogP contribution in [0, 0.1) is 0 Å². The van der Waals surface area contributed by atoms with E-state index in [0.29, 0.717) is 5.82 Å². The topological polar surface area (TPSA) is 62.4 Å². The van der Waals surface area contributed by atoms with Crippen LogP contribution in [0.5, 0.6) is 0 Å². The third-order valence-corrected chi connectivity index (χ3v) is 2.23. The molecule has 1 rings (SSSR count). The molecule has 84 valence electrons. The molecular weight excluding hydrogens is 190 g/mol. The predicted molar refractivity (Wildman–Crippen MR) is 61.3 cm³/mol. The summed E-state index contributed by atoms with van der Waals surface area (Å²) in [6.07, 6.45) is 2.34. The van der Waals surface area contributed by atoms with Gasteiger partial charge in [0.1, 0.15) is 5.82 Å². The predicted octanol–water partition coefficient (Wildman–Crippen LogP) is 0.866. The fourth-order valence-corrected chi connectivity index (χ4v) is 1.33. The van der Waals surface area contributed by atoms with Gasteiger partial charge in [0.25, 0.3) is 0 Å². The van der Waals surface area contributed by atoms with E-state index in [-0.39, 0.29) is 6.10 Å². The van der Waals surface area contributed by atoms with E-state index in [2.05, 4.69) is 9.88 Å². The molecule has 0 saturated carbocycles. The first-order chi connectivity index (χ1) is 7.08. The van der Waals surface area contributed by atoms with E-state index >= 15 is 0 Å². The molecule has 1 aromatic rings. The zero-order valence-corrected chi connectivity index (χ0v) is 9.35. The summed E-state index contributed by atoms with van der Waals surface area (Å²) in [7, 11) is 2.03. The third kappa shape index (κ3) is 4.76. The number of anilines is 1. The standard InChI is InChI=1S/C11H19N3O/c1-9(15)5-6-14(2)8-10-3-4-11(12)13-7-10/h3-4,7,9,15H,5-6,8H2,1-2H3,(H2,12,13). The highest BCUT2D eigenvalue weighted by molar-refractivity contribution is 5.29. The fraction of sp³-hybridized carbons (Fsp3) is 0.545. The van der Waals surface area contributed by atoms with Crippen molar-refractivity contribution in [3.8, 4) is 0 Å². The van der Waals surface area contributed by atoms with Gasteiger partial charge in [0.05, 0.1) is 6.10 Å². The Kier molecular flexibility index (Phi) is 4.52. The number of rotatable bonds is 5. The molecule has 1 heterocycles. The highest BCUT2D eigenvalue weighted by atomic mass is 16.3. The molecule has 3 N–H and O–H groups in total. The lowest BCUT2D eigenvalue weighted by Gasteiger charge is -2.17. The second-order valence-corrected chi connectivity index (χ2v) is 3.97. The molecule has 4 heteroatoms. The first-order valence-electron chi connectivity index (χ1n) is 5.15. The van der Waals surface area contributed by atoms with Crippen LogP contribution in [0.1, 0.15) is 18.9 Å². The molecule has 0 aliphatic heterocycles. The van der Waals surface area contributed by atoms with Crippen molar-refractivity contribution in [3.05, 3.63) is 23.9 Å². The Morgan fingerprint density at radius 1 is 1.53 bits per heavy atom. The number of hydrogen-bond acceptors (Lipinski definition) is 4. The zero-order valence-electron chi connectivity index (χ0n) is 9.35. The van der Waals surface area contributed by atoms with E-state index in [1.807, 2.05) is 13.1 Å². The van der Waals surface area contributed by atoms with E-state index < -0.39 is 0 Å². The summed E-state index contributed by atoms with van der Waals surface area (Å²) in [6.45, 7) is 3.51. The van der Waals surface area contributed by atoms with Crippen molar-refractivity contribution < 1.29 is 5.11 Å². The van der Waals surface area contributed by atoms with Crippen LogP contribution in [0.2, 0.25) is 0 Å². The van der Waals surface area contributed by atoms with Crippen molar-refractivity contribution in [2.24, 2.45) is 0 Å². The highest BCUT2D eigenvalue weighted by Gasteiger charge is 2.02. The van der Waals surface area contributed by atoms with Crippen molar-refractivity contribution in [1.82, 2.24) is 9.88 Å². The van der Waals surface area contributed by atoms with Crippen molar-refractivity contribution in [1.29, 1.82) is 0 Å². The van der Waals surface area contributed by atoms with Crippen LogP contribution >= 0.6 is 0 Å². The van der Waals surface area contributed by atoms with Crippen LogP contribution in [-0.4, -0.2) is 34.7 Å². The summed E-state index contributed by atoms with van der Waals surface area (Å²) in [6, 6.07) is 3.78. The lowest BCUT2D eigenvalue weighted by atomic mass is 10.2. The molecule has 1 aromatic heterocycles. The number of aromatic nitrogens is 1. The molecular formula is C11H19N3O. The molecule has 4 nitrogen and oxygen atoms in total. The van der Waals surface area contributed by atoms with Gasteiger partial charge in [0.2, 0.25) is 0 Å². The number of pyridine rings is 1. The summed E-state index contributed by atoms with van der Waals surface area (Å²) in [4.78, 5) is 6.18. The maximum absolute atomic E-state index is 9.15. The first kappa shape index (κ1) is 11.9. The maximum Gasteiger partial charge on any atom is 0.123 e. The minimum atomic E-state index is -0.239. The summed E-state index contributed by atoms with van der Waals surface area (Å²) < 4.78 is 0. The van der Waals surface area contributed by atoms with Crippen LogP contribution in [0.4, 0.5) is 5.82 Å². The molecule has 15 heavy (non-hydrogen) atoms. The van der Waals surface area contributed by atoms with E-state index in [1.54, 1.807) is 19.2 Å². The minimum absolute atomic E-state index is 0.239. The number of aliphatic hydroxyl groups is 1. The van der Waals surface area contributed by atoms with Crippen molar-refractivity contribution in [2.45, 2.75) is 26.0 Å². The Morgan fingerprint density at radius 3 is 2.80 bits per heavy atom. The molecule has 0 spiro atoms. The van der Waals surface area contributed by atoms with Gasteiger partial charge in [0.15, 0.2) is 0 Å². The Bertz CT molecular complexity index is 284. The second kappa shape index (κ2) is 5.68. The Hall–Kier alpha value is -1.13. The van der Waals surface area contributed by atoms with Crippen LogP contribution in [0.15, 0.2) is 18.3 Å². The normalized spacial score (nSPS) is 13.1. The average molecular weight is 209 g/mol. The summed E-state index contributed by atoms with van der Waals surface area (Å²) in [5.74, 6) is 0.547. The van der Waals surface area contributed by atoms with Gasteiger partial charge in [-0.25, -0.2) is 4.98 Å². The van der Waals surface area contributed by atoms with Gasteiger partial charge >= 0.3 is 0 Å². The summed E-state index contributed by atoms with van der Waals surface area (Å²) in [5.41, 5.74) is 6.63. The average Bonchev–Trinajstić information content (AvgIpc) is 2.19. The van der Waals surface area contributed by atoms with Gasteiger partial charge in [-0.15, -0.1) is 0 Å².